The second-order valence-electron chi connectivity index (χ2n) is 8.85. The standard InChI is InChI=1S/C27H27BrN2O5S/c28-21-5-1-4-20(13-21)27(32)30(15-22-6-2-10-33-22)17-26(31)29(16-23-7-3-11-36-23)14-19-8-9-24-25(12-19)35-18-34-24/h1,3-5,7-9,11-13,22H,2,6,10,14-18H2. The third-order valence-electron chi connectivity index (χ3n) is 6.22. The van der Waals surface area contributed by atoms with Gasteiger partial charge in [-0.15, -0.1) is 11.3 Å². The molecule has 1 fully saturated rings. The van der Waals surface area contributed by atoms with E-state index in [0.29, 0.717) is 43.3 Å². The monoisotopic (exact) mass is 570 g/mol. The minimum Gasteiger partial charge on any atom is -0.454 e. The predicted octanol–water partition coefficient (Wildman–Crippen LogP) is 5.09. The van der Waals surface area contributed by atoms with Crippen molar-refractivity contribution in [2.45, 2.75) is 32.0 Å². The highest BCUT2D eigenvalue weighted by Gasteiger charge is 2.28. The SMILES string of the molecule is O=C(CN(CC1CCCO1)C(=O)c1cccc(Br)c1)N(Cc1ccc2c(c1)OCO2)Cc1cccs1. The molecule has 3 aromatic rings. The molecule has 2 aliphatic rings. The van der Waals surface area contributed by atoms with Crippen LogP contribution in [-0.2, 0) is 22.6 Å². The van der Waals surface area contributed by atoms with Crippen LogP contribution in [0.2, 0.25) is 0 Å². The molecule has 36 heavy (non-hydrogen) atoms. The zero-order chi connectivity index (χ0) is 24.9. The number of carbonyl (C=O) groups is 2. The second-order valence-corrected chi connectivity index (χ2v) is 10.8. The summed E-state index contributed by atoms with van der Waals surface area (Å²) in [5.74, 6) is 1.08. The first kappa shape index (κ1) is 24.8. The van der Waals surface area contributed by atoms with Crippen LogP contribution in [-0.4, -0.2) is 54.2 Å². The number of rotatable bonds is 9. The average molecular weight is 571 g/mol. The van der Waals surface area contributed by atoms with Gasteiger partial charge in [0, 0.05) is 34.6 Å². The van der Waals surface area contributed by atoms with E-state index >= 15 is 0 Å². The summed E-state index contributed by atoms with van der Waals surface area (Å²) in [5.41, 5.74) is 1.48. The van der Waals surface area contributed by atoms with Crippen LogP contribution in [0.4, 0.5) is 0 Å². The summed E-state index contributed by atoms with van der Waals surface area (Å²) in [5, 5.41) is 2.00. The molecule has 1 atom stereocenters. The first-order valence-corrected chi connectivity index (χ1v) is 13.6. The van der Waals surface area contributed by atoms with Crippen molar-refractivity contribution in [3.63, 3.8) is 0 Å². The number of nitrogens with zero attached hydrogens (tertiary/aromatic N) is 2. The summed E-state index contributed by atoms with van der Waals surface area (Å²) in [6.45, 7) is 2.10. The fourth-order valence-electron chi connectivity index (χ4n) is 4.40. The molecule has 7 nitrogen and oxygen atoms in total. The molecule has 0 radical (unpaired) electrons. The second kappa shape index (κ2) is 11.5. The van der Waals surface area contributed by atoms with Crippen molar-refractivity contribution in [2.24, 2.45) is 0 Å². The Bertz CT molecular complexity index is 1210. The van der Waals surface area contributed by atoms with Crippen LogP contribution in [0.1, 0.15) is 33.6 Å². The number of ether oxygens (including phenoxy) is 3. The highest BCUT2D eigenvalue weighted by Crippen LogP contribution is 2.33. The summed E-state index contributed by atoms with van der Waals surface area (Å²) < 4.78 is 17.6. The van der Waals surface area contributed by atoms with Gasteiger partial charge in [0.2, 0.25) is 12.7 Å². The highest BCUT2D eigenvalue weighted by molar-refractivity contribution is 9.10. The Morgan fingerprint density at radius 2 is 1.89 bits per heavy atom. The van der Waals surface area contributed by atoms with Gasteiger partial charge in [0.15, 0.2) is 11.5 Å². The van der Waals surface area contributed by atoms with Crippen LogP contribution in [0, 0.1) is 0 Å². The maximum atomic E-state index is 13.7. The Morgan fingerprint density at radius 3 is 2.67 bits per heavy atom. The zero-order valence-electron chi connectivity index (χ0n) is 19.7. The molecule has 5 rings (SSSR count). The lowest BCUT2D eigenvalue weighted by Gasteiger charge is -2.29. The molecule has 0 aliphatic carbocycles. The lowest BCUT2D eigenvalue weighted by Crippen LogP contribution is -2.45. The van der Waals surface area contributed by atoms with Crippen LogP contribution in [0.5, 0.6) is 11.5 Å². The highest BCUT2D eigenvalue weighted by atomic mass is 79.9. The van der Waals surface area contributed by atoms with E-state index in [0.717, 1.165) is 27.8 Å². The molecule has 2 aliphatic heterocycles. The summed E-state index contributed by atoms with van der Waals surface area (Å²) in [4.78, 5) is 31.7. The molecule has 2 aromatic carbocycles. The van der Waals surface area contributed by atoms with Gasteiger partial charge in [-0.1, -0.05) is 34.1 Å². The third-order valence-corrected chi connectivity index (χ3v) is 7.58. The van der Waals surface area contributed by atoms with E-state index in [4.69, 9.17) is 14.2 Å². The maximum absolute atomic E-state index is 13.7. The molecule has 0 saturated carbocycles. The Kier molecular flexibility index (Phi) is 7.89. The van der Waals surface area contributed by atoms with Crippen LogP contribution >= 0.6 is 27.3 Å². The first-order chi connectivity index (χ1) is 17.5. The molecule has 1 saturated heterocycles. The molecule has 3 heterocycles. The minimum atomic E-state index is -0.181. The largest absolute Gasteiger partial charge is 0.454 e. The number of benzene rings is 2. The van der Waals surface area contributed by atoms with Gasteiger partial charge in [-0.3, -0.25) is 9.59 Å². The Balaban J connectivity index is 1.37. The summed E-state index contributed by atoms with van der Waals surface area (Å²) in [6, 6.07) is 17.0. The molecule has 1 unspecified atom stereocenters. The summed E-state index contributed by atoms with van der Waals surface area (Å²) >= 11 is 5.05. The fraction of sp³-hybridized carbons (Fsp3) is 0.333. The fourth-order valence-corrected chi connectivity index (χ4v) is 5.52. The van der Waals surface area contributed by atoms with Crippen molar-refractivity contribution in [1.82, 2.24) is 9.80 Å². The number of carbonyl (C=O) groups excluding carboxylic acids is 2. The van der Waals surface area contributed by atoms with Crippen molar-refractivity contribution in [3.05, 3.63) is 80.5 Å². The van der Waals surface area contributed by atoms with Gasteiger partial charge in [0.1, 0.15) is 6.54 Å². The molecule has 1 aromatic heterocycles. The average Bonchev–Trinajstić information content (AvgIpc) is 3.66. The number of halogens is 1. The predicted molar refractivity (Wildman–Crippen MR) is 140 cm³/mol. The van der Waals surface area contributed by atoms with E-state index < -0.39 is 0 Å². The molecule has 0 spiro atoms. The number of hydrogen-bond donors (Lipinski definition) is 0. The minimum absolute atomic E-state index is 0.0267. The van der Waals surface area contributed by atoms with Crippen molar-refractivity contribution >= 4 is 39.1 Å². The van der Waals surface area contributed by atoms with E-state index in [9.17, 15) is 9.59 Å². The van der Waals surface area contributed by atoms with Gasteiger partial charge in [-0.05, 0) is 60.2 Å². The molecular weight excluding hydrogens is 544 g/mol. The molecular formula is C27H27BrN2O5S. The normalized spacial score (nSPS) is 16.2. The molecule has 0 N–H and O–H groups in total. The smallest absolute Gasteiger partial charge is 0.254 e. The Labute approximate surface area is 222 Å². The van der Waals surface area contributed by atoms with Crippen LogP contribution < -0.4 is 9.47 Å². The molecule has 9 heteroatoms. The van der Waals surface area contributed by atoms with Gasteiger partial charge in [0.05, 0.1) is 12.6 Å². The maximum Gasteiger partial charge on any atom is 0.254 e. The van der Waals surface area contributed by atoms with E-state index in [-0.39, 0.29) is 31.3 Å². The first-order valence-electron chi connectivity index (χ1n) is 11.9. The summed E-state index contributed by atoms with van der Waals surface area (Å²) in [6.07, 6.45) is 1.78. The van der Waals surface area contributed by atoms with Crippen molar-refractivity contribution in [2.75, 3.05) is 26.5 Å². The zero-order valence-corrected chi connectivity index (χ0v) is 22.1. The van der Waals surface area contributed by atoms with E-state index in [1.807, 2.05) is 47.8 Å². The van der Waals surface area contributed by atoms with Crippen molar-refractivity contribution in [3.8, 4) is 11.5 Å². The lowest BCUT2D eigenvalue weighted by molar-refractivity contribution is -0.133. The quantitative estimate of drug-likeness (QED) is 0.358. The Hall–Kier alpha value is -2.88. The Morgan fingerprint density at radius 1 is 1.00 bits per heavy atom. The number of hydrogen-bond acceptors (Lipinski definition) is 6. The number of fused-ring (bicyclic) bond motifs is 1. The van der Waals surface area contributed by atoms with Gasteiger partial charge < -0.3 is 24.0 Å². The third kappa shape index (κ3) is 6.08. The molecule has 188 valence electrons. The van der Waals surface area contributed by atoms with Crippen LogP contribution in [0.3, 0.4) is 0 Å². The molecule has 0 bridgehead atoms. The van der Waals surface area contributed by atoms with Crippen LogP contribution in [0.15, 0.2) is 64.5 Å². The summed E-state index contributed by atoms with van der Waals surface area (Å²) in [7, 11) is 0. The van der Waals surface area contributed by atoms with Gasteiger partial charge in [-0.2, -0.15) is 0 Å². The van der Waals surface area contributed by atoms with Crippen LogP contribution in [0.25, 0.3) is 0 Å². The number of thiophene rings is 1. The molecule has 2 amide bonds. The van der Waals surface area contributed by atoms with Gasteiger partial charge in [0.25, 0.3) is 5.91 Å². The van der Waals surface area contributed by atoms with E-state index in [2.05, 4.69) is 15.9 Å². The van der Waals surface area contributed by atoms with E-state index in [1.54, 1.807) is 33.3 Å². The van der Waals surface area contributed by atoms with Gasteiger partial charge >= 0.3 is 0 Å². The number of amides is 2. The topological polar surface area (TPSA) is 68.3 Å². The van der Waals surface area contributed by atoms with Crippen molar-refractivity contribution in [1.29, 1.82) is 0 Å². The van der Waals surface area contributed by atoms with E-state index in [1.165, 1.54) is 0 Å². The lowest BCUT2D eigenvalue weighted by atomic mass is 10.1. The van der Waals surface area contributed by atoms with Gasteiger partial charge in [-0.25, -0.2) is 0 Å². The van der Waals surface area contributed by atoms with Crippen molar-refractivity contribution < 1.29 is 23.8 Å².